The lowest BCUT2D eigenvalue weighted by molar-refractivity contribution is -0.116. The van der Waals surface area contributed by atoms with Crippen molar-refractivity contribution in [3.63, 3.8) is 0 Å². The highest BCUT2D eigenvalue weighted by molar-refractivity contribution is 5.98. The first-order valence-corrected chi connectivity index (χ1v) is 7.42. The van der Waals surface area contributed by atoms with Gasteiger partial charge in [0.05, 0.1) is 6.04 Å². The van der Waals surface area contributed by atoms with Crippen LogP contribution in [0.4, 0.5) is 5.69 Å². The monoisotopic (exact) mass is 294 g/mol. The highest BCUT2D eigenvalue weighted by Crippen LogP contribution is 2.24. The Balaban J connectivity index is 1.74. The summed E-state index contributed by atoms with van der Waals surface area (Å²) < 4.78 is 0. The molecular formula is C18H18N2O2. The smallest absolute Gasteiger partial charge is 0.251 e. The Hall–Kier alpha value is -2.62. The van der Waals surface area contributed by atoms with Gasteiger partial charge in [0.1, 0.15) is 0 Å². The summed E-state index contributed by atoms with van der Waals surface area (Å²) in [5.74, 6) is -0.0709. The zero-order chi connectivity index (χ0) is 15.5. The fraction of sp³-hybridized carbons (Fsp3) is 0.222. The average Bonchev–Trinajstić information content (AvgIpc) is 2.55. The van der Waals surface area contributed by atoms with E-state index in [4.69, 9.17) is 0 Å². The molecule has 112 valence electrons. The Morgan fingerprint density at radius 1 is 1.14 bits per heavy atom. The lowest BCUT2D eigenvalue weighted by Crippen LogP contribution is -2.27. The van der Waals surface area contributed by atoms with Gasteiger partial charge in [-0.05, 0) is 42.7 Å². The van der Waals surface area contributed by atoms with Gasteiger partial charge in [-0.3, -0.25) is 9.59 Å². The van der Waals surface area contributed by atoms with E-state index in [1.165, 1.54) is 0 Å². The quantitative estimate of drug-likeness (QED) is 0.914. The fourth-order valence-corrected chi connectivity index (χ4v) is 2.63. The fourth-order valence-electron chi connectivity index (χ4n) is 2.63. The van der Waals surface area contributed by atoms with Crippen LogP contribution in [0.15, 0.2) is 48.5 Å². The molecule has 4 nitrogen and oxygen atoms in total. The van der Waals surface area contributed by atoms with Gasteiger partial charge in [0.15, 0.2) is 0 Å². The Bertz CT molecular complexity index is 710. The molecule has 4 heteroatoms. The number of nitrogens with one attached hydrogen (secondary N) is 2. The van der Waals surface area contributed by atoms with Gasteiger partial charge in [-0.15, -0.1) is 0 Å². The van der Waals surface area contributed by atoms with Crippen LogP contribution in [0, 0.1) is 0 Å². The third-order valence-electron chi connectivity index (χ3n) is 3.91. The van der Waals surface area contributed by atoms with E-state index in [0.29, 0.717) is 18.4 Å². The van der Waals surface area contributed by atoms with Crippen LogP contribution in [-0.4, -0.2) is 11.8 Å². The summed E-state index contributed by atoms with van der Waals surface area (Å²) in [5, 5.41) is 5.82. The van der Waals surface area contributed by atoms with Crippen LogP contribution in [0.5, 0.6) is 0 Å². The summed E-state index contributed by atoms with van der Waals surface area (Å²) in [6.45, 7) is 1.96. The summed E-state index contributed by atoms with van der Waals surface area (Å²) >= 11 is 0. The van der Waals surface area contributed by atoms with Gasteiger partial charge in [0, 0.05) is 17.7 Å². The molecule has 2 N–H and O–H groups in total. The van der Waals surface area contributed by atoms with E-state index in [1.807, 2.05) is 43.3 Å². The Morgan fingerprint density at radius 2 is 1.91 bits per heavy atom. The van der Waals surface area contributed by atoms with E-state index in [9.17, 15) is 9.59 Å². The van der Waals surface area contributed by atoms with E-state index < -0.39 is 0 Å². The van der Waals surface area contributed by atoms with Crippen LogP contribution in [0.3, 0.4) is 0 Å². The van der Waals surface area contributed by atoms with Crippen molar-refractivity contribution in [2.45, 2.75) is 25.8 Å². The molecule has 3 rings (SSSR count). The van der Waals surface area contributed by atoms with E-state index in [0.717, 1.165) is 16.8 Å². The maximum Gasteiger partial charge on any atom is 0.251 e. The molecule has 22 heavy (non-hydrogen) atoms. The van der Waals surface area contributed by atoms with Crippen molar-refractivity contribution in [1.82, 2.24) is 5.32 Å². The summed E-state index contributed by atoms with van der Waals surface area (Å²) in [5.41, 5.74) is 3.52. The van der Waals surface area contributed by atoms with Crippen molar-refractivity contribution < 1.29 is 9.59 Å². The van der Waals surface area contributed by atoms with Gasteiger partial charge >= 0.3 is 0 Å². The van der Waals surface area contributed by atoms with Crippen molar-refractivity contribution in [3.05, 3.63) is 65.2 Å². The first-order valence-electron chi connectivity index (χ1n) is 7.42. The third kappa shape index (κ3) is 3.01. The number of rotatable bonds is 3. The molecule has 1 aliphatic heterocycles. The number of carbonyl (C=O) groups is 2. The molecule has 0 spiro atoms. The molecule has 0 bridgehead atoms. The second kappa shape index (κ2) is 6.02. The number of hydrogen-bond donors (Lipinski definition) is 2. The molecule has 0 aliphatic carbocycles. The predicted octanol–water partition coefficient (Wildman–Crippen LogP) is 3.06. The minimum Gasteiger partial charge on any atom is -0.346 e. The SMILES string of the molecule is CC(NC(=O)c1ccc2c(c1)CCC(=O)N2)c1ccccc1. The zero-order valence-electron chi connectivity index (χ0n) is 12.4. The molecule has 0 aromatic heterocycles. The topological polar surface area (TPSA) is 58.2 Å². The summed E-state index contributed by atoms with van der Waals surface area (Å²) in [6.07, 6.45) is 1.15. The van der Waals surface area contributed by atoms with Crippen molar-refractivity contribution in [2.75, 3.05) is 5.32 Å². The van der Waals surface area contributed by atoms with Crippen LogP contribution in [-0.2, 0) is 11.2 Å². The molecule has 0 radical (unpaired) electrons. The van der Waals surface area contributed by atoms with Crippen molar-refractivity contribution in [1.29, 1.82) is 0 Å². The number of carbonyl (C=O) groups excluding carboxylic acids is 2. The summed E-state index contributed by atoms with van der Waals surface area (Å²) in [6, 6.07) is 15.2. The van der Waals surface area contributed by atoms with Crippen molar-refractivity contribution in [3.8, 4) is 0 Å². The normalized spacial score (nSPS) is 14.7. The molecular weight excluding hydrogens is 276 g/mol. The second-order valence-corrected chi connectivity index (χ2v) is 5.53. The number of hydrogen-bond acceptors (Lipinski definition) is 2. The third-order valence-corrected chi connectivity index (χ3v) is 3.91. The second-order valence-electron chi connectivity index (χ2n) is 5.53. The van der Waals surface area contributed by atoms with E-state index in [2.05, 4.69) is 10.6 Å². The summed E-state index contributed by atoms with van der Waals surface area (Å²) in [4.78, 5) is 23.7. The summed E-state index contributed by atoms with van der Waals surface area (Å²) in [7, 11) is 0. The molecule has 0 saturated carbocycles. The van der Waals surface area contributed by atoms with E-state index >= 15 is 0 Å². The van der Waals surface area contributed by atoms with Crippen LogP contribution in [0.2, 0.25) is 0 Å². The van der Waals surface area contributed by atoms with E-state index in [1.54, 1.807) is 12.1 Å². The molecule has 1 aliphatic rings. The predicted molar refractivity (Wildman–Crippen MR) is 85.7 cm³/mol. The zero-order valence-corrected chi connectivity index (χ0v) is 12.4. The molecule has 2 aromatic rings. The van der Waals surface area contributed by atoms with Gasteiger partial charge < -0.3 is 10.6 Å². The van der Waals surface area contributed by atoms with Crippen LogP contribution >= 0.6 is 0 Å². The van der Waals surface area contributed by atoms with Crippen molar-refractivity contribution in [2.24, 2.45) is 0 Å². The maximum atomic E-state index is 12.4. The number of fused-ring (bicyclic) bond motifs is 1. The minimum absolute atomic E-state index is 0.0300. The lowest BCUT2D eigenvalue weighted by atomic mass is 10.00. The van der Waals surface area contributed by atoms with Gasteiger partial charge in [-0.1, -0.05) is 30.3 Å². The van der Waals surface area contributed by atoms with Crippen LogP contribution in [0.1, 0.15) is 40.9 Å². The Labute approximate surface area is 129 Å². The van der Waals surface area contributed by atoms with Crippen molar-refractivity contribution >= 4 is 17.5 Å². The highest BCUT2D eigenvalue weighted by Gasteiger charge is 2.17. The van der Waals surface area contributed by atoms with Gasteiger partial charge in [-0.25, -0.2) is 0 Å². The molecule has 2 aromatic carbocycles. The van der Waals surface area contributed by atoms with Gasteiger partial charge in [0.2, 0.25) is 5.91 Å². The molecule has 0 fully saturated rings. The number of anilines is 1. The number of aryl methyl sites for hydroxylation is 1. The average molecular weight is 294 g/mol. The molecule has 1 unspecified atom stereocenters. The highest BCUT2D eigenvalue weighted by atomic mass is 16.2. The first kappa shape index (κ1) is 14.3. The molecule has 0 saturated heterocycles. The molecule has 1 atom stereocenters. The maximum absolute atomic E-state index is 12.4. The number of benzene rings is 2. The van der Waals surface area contributed by atoms with Crippen LogP contribution in [0.25, 0.3) is 0 Å². The first-order chi connectivity index (χ1) is 10.6. The molecule has 1 heterocycles. The standard InChI is InChI=1S/C18H18N2O2/c1-12(13-5-3-2-4-6-13)19-18(22)15-7-9-16-14(11-15)8-10-17(21)20-16/h2-7,9,11-12H,8,10H2,1H3,(H,19,22)(H,20,21). The Kier molecular flexibility index (Phi) is 3.92. The largest absolute Gasteiger partial charge is 0.346 e. The van der Waals surface area contributed by atoms with Gasteiger partial charge in [0.25, 0.3) is 5.91 Å². The number of amides is 2. The van der Waals surface area contributed by atoms with E-state index in [-0.39, 0.29) is 17.9 Å². The minimum atomic E-state index is -0.101. The Morgan fingerprint density at radius 3 is 2.68 bits per heavy atom. The van der Waals surface area contributed by atoms with Gasteiger partial charge in [-0.2, -0.15) is 0 Å². The lowest BCUT2D eigenvalue weighted by Gasteiger charge is -2.18. The van der Waals surface area contributed by atoms with Crippen LogP contribution < -0.4 is 10.6 Å². The molecule has 2 amide bonds.